The molecule has 174 valence electrons. The molecule has 0 aliphatic rings. The summed E-state index contributed by atoms with van der Waals surface area (Å²) >= 11 is 0. The minimum atomic E-state index is -0.702. The molecule has 0 unspecified atom stereocenters. The van der Waals surface area contributed by atoms with Gasteiger partial charge in [-0.15, -0.1) is 0 Å². The Morgan fingerprint density at radius 1 is 0.971 bits per heavy atom. The molecular formula is C29H23FN2O3. The fraction of sp³-hybridized carbons (Fsp3) is 0.103. The maximum Gasteiger partial charge on any atom is 0.266 e. The summed E-state index contributed by atoms with van der Waals surface area (Å²) in [6.07, 6.45) is 1.42. The van der Waals surface area contributed by atoms with Gasteiger partial charge in [0.05, 0.1) is 12.3 Å². The third-order valence-corrected chi connectivity index (χ3v) is 5.33. The van der Waals surface area contributed by atoms with Gasteiger partial charge in [0.1, 0.15) is 24.1 Å². The molecule has 4 rings (SSSR count). The first-order valence-electron chi connectivity index (χ1n) is 11.1. The lowest BCUT2D eigenvalue weighted by Crippen LogP contribution is -2.14. The van der Waals surface area contributed by atoms with Crippen molar-refractivity contribution in [2.75, 3.05) is 11.9 Å². The molecule has 0 bridgehead atoms. The number of hydrogen-bond donors (Lipinski definition) is 1. The Balaban J connectivity index is 1.55. The van der Waals surface area contributed by atoms with Gasteiger partial charge in [-0.25, -0.2) is 4.39 Å². The van der Waals surface area contributed by atoms with Crippen LogP contribution in [0.15, 0.2) is 90.5 Å². The molecule has 0 aliphatic carbocycles. The average Bonchev–Trinajstić information content (AvgIpc) is 2.88. The molecule has 0 saturated carbocycles. The van der Waals surface area contributed by atoms with Crippen molar-refractivity contribution < 1.29 is 18.7 Å². The standard InChI is InChI=1S/C29H23FN2O3/c1-2-34-28-17-20(16-23(18-31)29(33)32-26-13-6-5-12-25(26)30)14-15-27(28)35-19-22-10-7-9-21-8-3-4-11-24(21)22/h3-17H,2,19H2,1H3,(H,32,33)/b23-16+. The highest BCUT2D eigenvalue weighted by atomic mass is 19.1. The third kappa shape index (κ3) is 5.66. The molecule has 6 heteroatoms. The predicted molar refractivity (Wildman–Crippen MR) is 135 cm³/mol. The number of para-hydroxylation sites is 1. The second kappa shape index (κ2) is 11.0. The summed E-state index contributed by atoms with van der Waals surface area (Å²) in [6, 6.07) is 27.0. The number of benzene rings is 4. The summed E-state index contributed by atoms with van der Waals surface area (Å²) in [5, 5.41) is 14.2. The van der Waals surface area contributed by atoms with Crippen molar-refractivity contribution in [1.82, 2.24) is 0 Å². The van der Waals surface area contributed by atoms with Crippen LogP contribution in [0.2, 0.25) is 0 Å². The van der Waals surface area contributed by atoms with Crippen LogP contribution in [0.4, 0.5) is 10.1 Å². The van der Waals surface area contributed by atoms with Crippen LogP contribution in [0.3, 0.4) is 0 Å². The van der Waals surface area contributed by atoms with Crippen molar-refractivity contribution in [2.45, 2.75) is 13.5 Å². The third-order valence-electron chi connectivity index (χ3n) is 5.33. The lowest BCUT2D eigenvalue weighted by atomic mass is 10.1. The summed E-state index contributed by atoms with van der Waals surface area (Å²) in [5.74, 6) is -0.240. The predicted octanol–water partition coefficient (Wildman–Crippen LogP) is 6.50. The molecule has 0 heterocycles. The van der Waals surface area contributed by atoms with Crippen LogP contribution in [0, 0.1) is 17.1 Å². The number of nitrogens with zero attached hydrogens (tertiary/aromatic N) is 1. The second-order valence-electron chi connectivity index (χ2n) is 7.67. The largest absolute Gasteiger partial charge is 0.490 e. The Morgan fingerprint density at radius 2 is 1.74 bits per heavy atom. The van der Waals surface area contributed by atoms with Crippen LogP contribution in [-0.4, -0.2) is 12.5 Å². The molecule has 0 saturated heterocycles. The Kier molecular flexibility index (Phi) is 7.39. The van der Waals surface area contributed by atoms with Gasteiger partial charge in [-0.05, 0) is 59.2 Å². The minimum Gasteiger partial charge on any atom is -0.490 e. The van der Waals surface area contributed by atoms with Crippen LogP contribution in [-0.2, 0) is 11.4 Å². The topological polar surface area (TPSA) is 71.3 Å². The van der Waals surface area contributed by atoms with Crippen LogP contribution in [0.25, 0.3) is 16.8 Å². The highest BCUT2D eigenvalue weighted by Crippen LogP contribution is 2.31. The van der Waals surface area contributed by atoms with E-state index in [0.717, 1.165) is 16.3 Å². The van der Waals surface area contributed by atoms with E-state index in [0.29, 0.717) is 30.3 Å². The molecule has 4 aromatic rings. The zero-order valence-corrected chi connectivity index (χ0v) is 19.1. The van der Waals surface area contributed by atoms with Crippen LogP contribution >= 0.6 is 0 Å². The van der Waals surface area contributed by atoms with Crippen LogP contribution < -0.4 is 14.8 Å². The van der Waals surface area contributed by atoms with Crippen molar-refractivity contribution in [2.24, 2.45) is 0 Å². The fourth-order valence-corrected chi connectivity index (χ4v) is 3.64. The maximum atomic E-state index is 13.9. The van der Waals surface area contributed by atoms with Crippen molar-refractivity contribution in [3.8, 4) is 17.6 Å². The van der Waals surface area contributed by atoms with E-state index in [1.54, 1.807) is 24.3 Å². The maximum absolute atomic E-state index is 13.9. The van der Waals surface area contributed by atoms with Gasteiger partial charge in [-0.2, -0.15) is 5.26 Å². The number of anilines is 1. The summed E-state index contributed by atoms with van der Waals surface area (Å²) < 4.78 is 25.7. The molecular weight excluding hydrogens is 443 g/mol. The molecule has 5 nitrogen and oxygen atoms in total. The quantitative estimate of drug-likeness (QED) is 0.238. The van der Waals surface area contributed by atoms with E-state index in [9.17, 15) is 14.4 Å². The van der Waals surface area contributed by atoms with Gasteiger partial charge in [0, 0.05) is 0 Å². The van der Waals surface area contributed by atoms with E-state index in [2.05, 4.69) is 23.5 Å². The molecule has 0 spiro atoms. The van der Waals surface area contributed by atoms with E-state index < -0.39 is 11.7 Å². The number of nitriles is 1. The smallest absolute Gasteiger partial charge is 0.266 e. The first-order valence-corrected chi connectivity index (χ1v) is 11.1. The molecule has 0 aliphatic heterocycles. The van der Waals surface area contributed by atoms with Crippen LogP contribution in [0.1, 0.15) is 18.1 Å². The van der Waals surface area contributed by atoms with Gasteiger partial charge in [-0.1, -0.05) is 60.7 Å². The number of halogens is 1. The van der Waals surface area contributed by atoms with E-state index >= 15 is 0 Å². The fourth-order valence-electron chi connectivity index (χ4n) is 3.64. The lowest BCUT2D eigenvalue weighted by molar-refractivity contribution is -0.112. The number of fused-ring (bicyclic) bond motifs is 1. The Labute approximate surface area is 203 Å². The zero-order chi connectivity index (χ0) is 24.6. The van der Waals surface area contributed by atoms with Crippen molar-refractivity contribution >= 4 is 28.4 Å². The zero-order valence-electron chi connectivity index (χ0n) is 19.1. The van der Waals surface area contributed by atoms with Gasteiger partial charge in [0.2, 0.25) is 0 Å². The summed E-state index contributed by atoms with van der Waals surface area (Å²) in [7, 11) is 0. The minimum absolute atomic E-state index is 0.00541. The van der Waals surface area contributed by atoms with E-state index in [1.165, 1.54) is 24.3 Å². The summed E-state index contributed by atoms with van der Waals surface area (Å²) in [6.45, 7) is 2.63. The number of rotatable bonds is 8. The van der Waals surface area contributed by atoms with Crippen molar-refractivity contribution in [3.63, 3.8) is 0 Å². The number of carbonyl (C=O) groups excluding carboxylic acids is 1. The van der Waals surface area contributed by atoms with E-state index in [-0.39, 0.29) is 11.3 Å². The Bertz CT molecular complexity index is 1430. The number of nitrogens with one attached hydrogen (secondary N) is 1. The van der Waals surface area contributed by atoms with Gasteiger partial charge in [0.15, 0.2) is 11.5 Å². The molecule has 0 aromatic heterocycles. The van der Waals surface area contributed by atoms with Gasteiger partial charge in [0.25, 0.3) is 5.91 Å². The van der Waals surface area contributed by atoms with Gasteiger partial charge in [-0.3, -0.25) is 4.79 Å². The van der Waals surface area contributed by atoms with Crippen LogP contribution in [0.5, 0.6) is 11.5 Å². The van der Waals surface area contributed by atoms with Crippen molar-refractivity contribution in [1.29, 1.82) is 5.26 Å². The second-order valence-corrected chi connectivity index (χ2v) is 7.67. The first-order chi connectivity index (χ1) is 17.1. The van der Waals surface area contributed by atoms with E-state index in [1.807, 2.05) is 37.3 Å². The normalized spacial score (nSPS) is 11.1. The lowest BCUT2D eigenvalue weighted by Gasteiger charge is -2.14. The average molecular weight is 467 g/mol. The molecule has 0 radical (unpaired) electrons. The highest BCUT2D eigenvalue weighted by molar-refractivity contribution is 6.09. The Morgan fingerprint density at radius 3 is 2.54 bits per heavy atom. The molecule has 35 heavy (non-hydrogen) atoms. The number of hydrogen-bond acceptors (Lipinski definition) is 4. The number of amides is 1. The molecule has 4 aromatic carbocycles. The van der Waals surface area contributed by atoms with Crippen molar-refractivity contribution in [3.05, 3.63) is 107 Å². The highest BCUT2D eigenvalue weighted by Gasteiger charge is 2.13. The molecule has 1 N–H and O–H groups in total. The Hall–Kier alpha value is -4.63. The summed E-state index contributed by atoms with van der Waals surface area (Å²) in [4.78, 5) is 12.5. The SMILES string of the molecule is CCOc1cc(/C=C(\C#N)C(=O)Nc2ccccc2F)ccc1OCc1cccc2ccccc12. The number of carbonyl (C=O) groups is 1. The monoisotopic (exact) mass is 466 g/mol. The van der Waals surface area contributed by atoms with Gasteiger partial charge < -0.3 is 14.8 Å². The first kappa shape index (κ1) is 23.5. The number of ether oxygens (including phenoxy) is 2. The summed E-state index contributed by atoms with van der Waals surface area (Å²) in [5.41, 5.74) is 1.46. The molecule has 1 amide bonds. The van der Waals surface area contributed by atoms with Gasteiger partial charge >= 0.3 is 0 Å². The van der Waals surface area contributed by atoms with E-state index in [4.69, 9.17) is 9.47 Å². The molecule has 0 atom stereocenters. The molecule has 0 fully saturated rings.